The summed E-state index contributed by atoms with van der Waals surface area (Å²) in [4.78, 5) is 4.02. The smallest absolute Gasteiger partial charge is 0.201 e. The molecule has 0 saturated heterocycles. The summed E-state index contributed by atoms with van der Waals surface area (Å²) in [6.45, 7) is 0.328. The van der Waals surface area contributed by atoms with Crippen molar-refractivity contribution in [1.82, 2.24) is 9.55 Å². The molecular weight excluding hydrogens is 279 g/mol. The van der Waals surface area contributed by atoms with Crippen LogP contribution < -0.4 is 5.73 Å². The first kappa shape index (κ1) is 13.5. The van der Waals surface area contributed by atoms with Crippen molar-refractivity contribution in [3.05, 3.63) is 59.4 Å². The number of rotatable bonds is 3. The molecule has 3 nitrogen and oxygen atoms in total. The van der Waals surface area contributed by atoms with E-state index in [2.05, 4.69) is 4.98 Å². The summed E-state index contributed by atoms with van der Waals surface area (Å²) in [6, 6.07) is 8.39. The lowest BCUT2D eigenvalue weighted by atomic mass is 10.1. The Bertz CT molecular complexity index is 794. The van der Waals surface area contributed by atoms with E-state index in [1.54, 1.807) is 12.1 Å². The molecule has 3 rings (SSSR count). The molecule has 0 aliphatic heterocycles. The van der Waals surface area contributed by atoms with Crippen molar-refractivity contribution >= 4 is 17.0 Å². The number of imidazole rings is 1. The summed E-state index contributed by atoms with van der Waals surface area (Å²) in [7, 11) is 0. The van der Waals surface area contributed by atoms with Crippen LogP contribution in [0.25, 0.3) is 11.0 Å². The molecule has 0 aliphatic rings. The Balaban J connectivity index is 1.95. The molecular formula is C15H12F3N3. The van der Waals surface area contributed by atoms with E-state index in [0.29, 0.717) is 18.5 Å². The van der Waals surface area contributed by atoms with E-state index in [1.807, 2.05) is 0 Å². The van der Waals surface area contributed by atoms with Crippen molar-refractivity contribution < 1.29 is 13.2 Å². The van der Waals surface area contributed by atoms with E-state index in [0.717, 1.165) is 11.6 Å². The third kappa shape index (κ3) is 2.44. The van der Waals surface area contributed by atoms with Gasteiger partial charge in [0.1, 0.15) is 11.3 Å². The van der Waals surface area contributed by atoms with Crippen molar-refractivity contribution in [3.8, 4) is 0 Å². The molecule has 6 heteroatoms. The number of nitrogens with zero attached hydrogens (tertiary/aromatic N) is 2. The minimum absolute atomic E-state index is 0.0506. The highest BCUT2D eigenvalue weighted by Crippen LogP contribution is 2.23. The molecule has 2 aromatic carbocycles. The number of nitrogen functional groups attached to an aromatic ring is 1. The maximum absolute atomic E-state index is 13.9. The quantitative estimate of drug-likeness (QED) is 0.805. The molecule has 0 saturated carbocycles. The first-order valence-electron chi connectivity index (χ1n) is 6.40. The third-order valence-corrected chi connectivity index (χ3v) is 3.37. The zero-order valence-electron chi connectivity index (χ0n) is 11.0. The van der Waals surface area contributed by atoms with Crippen LogP contribution in [0.3, 0.4) is 0 Å². The molecule has 0 amide bonds. The Morgan fingerprint density at radius 2 is 1.71 bits per heavy atom. The van der Waals surface area contributed by atoms with Gasteiger partial charge in [0.05, 0.1) is 5.52 Å². The van der Waals surface area contributed by atoms with E-state index in [9.17, 15) is 13.2 Å². The second-order valence-electron chi connectivity index (χ2n) is 4.73. The van der Waals surface area contributed by atoms with Gasteiger partial charge in [0.15, 0.2) is 11.6 Å². The molecule has 0 atom stereocenters. The van der Waals surface area contributed by atoms with Crippen molar-refractivity contribution in [3.63, 3.8) is 0 Å². The van der Waals surface area contributed by atoms with Crippen LogP contribution in [-0.2, 0) is 13.0 Å². The number of hydrogen-bond donors (Lipinski definition) is 1. The summed E-state index contributed by atoms with van der Waals surface area (Å²) < 4.78 is 41.5. The predicted octanol–water partition coefficient (Wildman–Crippen LogP) is 3.28. The number of aromatic nitrogens is 2. The molecule has 0 radical (unpaired) electrons. The maximum Gasteiger partial charge on any atom is 0.201 e. The normalized spacial score (nSPS) is 11.2. The molecule has 0 unspecified atom stereocenters. The largest absolute Gasteiger partial charge is 0.369 e. The van der Waals surface area contributed by atoms with Crippen molar-refractivity contribution in [2.45, 2.75) is 13.0 Å². The van der Waals surface area contributed by atoms with Gasteiger partial charge in [0, 0.05) is 6.54 Å². The zero-order valence-corrected chi connectivity index (χ0v) is 11.0. The van der Waals surface area contributed by atoms with Gasteiger partial charge in [-0.2, -0.15) is 0 Å². The van der Waals surface area contributed by atoms with Crippen LogP contribution in [0.15, 0.2) is 36.4 Å². The second kappa shape index (κ2) is 5.12. The lowest BCUT2D eigenvalue weighted by Gasteiger charge is -2.07. The van der Waals surface area contributed by atoms with E-state index in [4.69, 9.17) is 5.73 Å². The van der Waals surface area contributed by atoms with Gasteiger partial charge in [0.2, 0.25) is 5.95 Å². The molecule has 1 aromatic heterocycles. The monoisotopic (exact) mass is 291 g/mol. The molecule has 0 bridgehead atoms. The van der Waals surface area contributed by atoms with Crippen LogP contribution in [0.2, 0.25) is 0 Å². The molecule has 2 N–H and O–H groups in total. The van der Waals surface area contributed by atoms with Crippen LogP contribution in [0.5, 0.6) is 0 Å². The number of halogens is 3. The highest BCUT2D eigenvalue weighted by Gasteiger charge is 2.15. The van der Waals surface area contributed by atoms with E-state index in [1.165, 1.54) is 22.8 Å². The number of fused-ring (bicyclic) bond motifs is 1. The van der Waals surface area contributed by atoms with E-state index >= 15 is 0 Å². The first-order valence-corrected chi connectivity index (χ1v) is 6.40. The molecule has 0 spiro atoms. The Labute approximate surface area is 118 Å². The number of hydrogen-bond acceptors (Lipinski definition) is 2. The molecule has 1 heterocycles. The van der Waals surface area contributed by atoms with Gasteiger partial charge in [-0.15, -0.1) is 0 Å². The Morgan fingerprint density at radius 3 is 2.43 bits per heavy atom. The fraction of sp³-hybridized carbons (Fsp3) is 0.133. The van der Waals surface area contributed by atoms with Gasteiger partial charge in [0.25, 0.3) is 0 Å². The number of benzene rings is 2. The third-order valence-electron chi connectivity index (χ3n) is 3.37. The van der Waals surface area contributed by atoms with Gasteiger partial charge in [-0.05, 0) is 36.2 Å². The van der Waals surface area contributed by atoms with Crippen LogP contribution >= 0.6 is 0 Å². The lowest BCUT2D eigenvalue weighted by Crippen LogP contribution is -2.07. The van der Waals surface area contributed by atoms with Crippen molar-refractivity contribution in [1.29, 1.82) is 0 Å². The summed E-state index contributed by atoms with van der Waals surface area (Å²) in [5, 5.41) is 0. The van der Waals surface area contributed by atoms with Crippen LogP contribution in [0.1, 0.15) is 5.56 Å². The molecule has 21 heavy (non-hydrogen) atoms. The molecule has 0 fully saturated rings. The highest BCUT2D eigenvalue weighted by atomic mass is 19.2. The summed E-state index contributed by atoms with van der Waals surface area (Å²) >= 11 is 0. The van der Waals surface area contributed by atoms with E-state index in [-0.39, 0.29) is 17.3 Å². The summed E-state index contributed by atoms with van der Waals surface area (Å²) in [5.74, 6) is -2.10. The number of nitrogens with two attached hydrogens (primary N) is 1. The average molecular weight is 291 g/mol. The van der Waals surface area contributed by atoms with Gasteiger partial charge in [-0.1, -0.05) is 12.1 Å². The fourth-order valence-corrected chi connectivity index (χ4v) is 2.29. The maximum atomic E-state index is 13.9. The second-order valence-corrected chi connectivity index (χ2v) is 4.73. The lowest BCUT2D eigenvalue weighted by molar-refractivity contribution is 0.511. The van der Waals surface area contributed by atoms with Crippen molar-refractivity contribution in [2.75, 3.05) is 5.73 Å². The number of anilines is 1. The number of aryl methyl sites for hydroxylation is 2. The van der Waals surface area contributed by atoms with Gasteiger partial charge in [-0.3, -0.25) is 0 Å². The van der Waals surface area contributed by atoms with Crippen molar-refractivity contribution in [2.24, 2.45) is 0 Å². The van der Waals surface area contributed by atoms with Gasteiger partial charge >= 0.3 is 0 Å². The predicted molar refractivity (Wildman–Crippen MR) is 74.2 cm³/mol. The highest BCUT2D eigenvalue weighted by molar-refractivity contribution is 5.79. The zero-order chi connectivity index (χ0) is 15.0. The Morgan fingerprint density at radius 1 is 1.00 bits per heavy atom. The molecule has 108 valence electrons. The van der Waals surface area contributed by atoms with Crippen LogP contribution in [-0.4, -0.2) is 9.55 Å². The summed E-state index contributed by atoms with van der Waals surface area (Å²) in [5.41, 5.74) is 6.99. The standard InChI is InChI=1S/C15H12F3N3/c16-10-3-1-9(2-4-10)7-8-21-14-12(20-15(21)19)6-5-11(17)13(14)18/h1-6H,7-8H2,(H2,19,20). The average Bonchev–Trinajstić information content (AvgIpc) is 2.79. The van der Waals surface area contributed by atoms with Crippen LogP contribution in [0, 0.1) is 17.5 Å². The Kier molecular flexibility index (Phi) is 3.29. The molecule has 3 aromatic rings. The van der Waals surface area contributed by atoms with Gasteiger partial charge in [-0.25, -0.2) is 18.2 Å². The topological polar surface area (TPSA) is 43.8 Å². The fourth-order valence-electron chi connectivity index (χ4n) is 2.29. The Hall–Kier alpha value is -2.50. The summed E-state index contributed by atoms with van der Waals surface area (Å²) in [6.07, 6.45) is 0.506. The first-order chi connectivity index (χ1) is 10.1. The van der Waals surface area contributed by atoms with Crippen LogP contribution in [0.4, 0.5) is 19.1 Å². The molecule has 0 aliphatic carbocycles. The minimum atomic E-state index is -0.962. The van der Waals surface area contributed by atoms with Gasteiger partial charge < -0.3 is 10.3 Å². The van der Waals surface area contributed by atoms with E-state index < -0.39 is 11.6 Å². The SMILES string of the molecule is Nc1nc2ccc(F)c(F)c2n1CCc1ccc(F)cc1. The minimum Gasteiger partial charge on any atom is -0.369 e.